The van der Waals surface area contributed by atoms with Crippen molar-refractivity contribution in [1.29, 1.82) is 0 Å². The Morgan fingerprint density at radius 3 is 2.76 bits per heavy atom. The van der Waals surface area contributed by atoms with Crippen molar-refractivity contribution in [3.63, 3.8) is 0 Å². The van der Waals surface area contributed by atoms with Gasteiger partial charge in [-0.1, -0.05) is 11.8 Å². The lowest BCUT2D eigenvalue weighted by atomic mass is 10.2. The standard InChI is InChI=1S/C12H17N7OS/c1-7(2)19-11(13)17-18-12(19)21-6-9-4-3-8(5-15-9)10(20)16-14/h3-5,7H,6,14H2,1-2H3,(H2,13,17)(H,16,20). The third kappa shape index (κ3) is 3.50. The van der Waals surface area contributed by atoms with Gasteiger partial charge in [0.25, 0.3) is 5.91 Å². The maximum absolute atomic E-state index is 11.3. The molecule has 2 aromatic heterocycles. The maximum Gasteiger partial charge on any atom is 0.266 e. The average molecular weight is 307 g/mol. The number of hydrogen-bond acceptors (Lipinski definition) is 7. The Hall–Kier alpha value is -2.13. The highest BCUT2D eigenvalue weighted by Crippen LogP contribution is 2.25. The van der Waals surface area contributed by atoms with Crippen LogP contribution in [0.15, 0.2) is 23.5 Å². The SMILES string of the molecule is CC(C)n1c(N)nnc1SCc1ccc(C(=O)NN)cn1. The molecular formula is C12H17N7OS. The molecular weight excluding hydrogens is 290 g/mol. The van der Waals surface area contributed by atoms with Crippen LogP contribution in [0.2, 0.25) is 0 Å². The predicted molar refractivity (Wildman–Crippen MR) is 80.3 cm³/mol. The Bertz CT molecular complexity index is 623. The summed E-state index contributed by atoms with van der Waals surface area (Å²) in [4.78, 5) is 15.5. The zero-order chi connectivity index (χ0) is 15.4. The zero-order valence-corrected chi connectivity index (χ0v) is 12.6. The first-order valence-electron chi connectivity index (χ1n) is 6.32. The topological polar surface area (TPSA) is 125 Å². The summed E-state index contributed by atoms with van der Waals surface area (Å²) in [5.74, 6) is 5.70. The van der Waals surface area contributed by atoms with E-state index in [-0.39, 0.29) is 11.9 Å². The van der Waals surface area contributed by atoms with E-state index in [9.17, 15) is 4.79 Å². The van der Waals surface area contributed by atoms with Gasteiger partial charge < -0.3 is 5.73 Å². The third-order valence-electron chi connectivity index (χ3n) is 2.77. The third-order valence-corrected chi connectivity index (χ3v) is 3.75. The number of aromatic nitrogens is 4. The molecule has 0 aliphatic rings. The number of pyridine rings is 1. The summed E-state index contributed by atoms with van der Waals surface area (Å²) >= 11 is 1.49. The van der Waals surface area contributed by atoms with Gasteiger partial charge in [-0.3, -0.25) is 19.8 Å². The fourth-order valence-electron chi connectivity index (χ4n) is 1.74. The Morgan fingerprint density at radius 1 is 1.43 bits per heavy atom. The smallest absolute Gasteiger partial charge is 0.266 e. The van der Waals surface area contributed by atoms with Crippen LogP contribution in [0, 0.1) is 0 Å². The molecule has 0 unspecified atom stereocenters. The van der Waals surface area contributed by atoms with E-state index in [0.29, 0.717) is 17.3 Å². The number of carbonyl (C=O) groups is 1. The lowest BCUT2D eigenvalue weighted by Crippen LogP contribution is -2.30. The number of nitrogens with one attached hydrogen (secondary N) is 1. The number of nitrogens with two attached hydrogens (primary N) is 2. The molecule has 8 nitrogen and oxygen atoms in total. The minimum Gasteiger partial charge on any atom is -0.368 e. The van der Waals surface area contributed by atoms with Gasteiger partial charge in [-0.25, -0.2) is 5.84 Å². The van der Waals surface area contributed by atoms with Crippen molar-refractivity contribution < 1.29 is 4.79 Å². The number of hydrazine groups is 1. The molecule has 0 aliphatic carbocycles. The number of nitrogens with zero attached hydrogens (tertiary/aromatic N) is 4. The highest BCUT2D eigenvalue weighted by molar-refractivity contribution is 7.98. The van der Waals surface area contributed by atoms with E-state index in [1.54, 1.807) is 12.1 Å². The van der Waals surface area contributed by atoms with Crippen LogP contribution in [0.1, 0.15) is 35.9 Å². The van der Waals surface area contributed by atoms with Crippen molar-refractivity contribution >= 4 is 23.6 Å². The minimum atomic E-state index is -0.367. The first-order valence-corrected chi connectivity index (χ1v) is 7.30. The molecule has 0 atom stereocenters. The summed E-state index contributed by atoms with van der Waals surface area (Å²) in [5, 5.41) is 8.68. The van der Waals surface area contributed by atoms with Crippen molar-refractivity contribution in [2.75, 3.05) is 5.73 Å². The molecule has 1 amide bonds. The van der Waals surface area contributed by atoms with Crippen LogP contribution in [0.3, 0.4) is 0 Å². The molecule has 0 bridgehead atoms. The van der Waals surface area contributed by atoms with Crippen molar-refractivity contribution in [3.05, 3.63) is 29.6 Å². The van der Waals surface area contributed by atoms with E-state index >= 15 is 0 Å². The van der Waals surface area contributed by atoms with Crippen molar-refractivity contribution in [1.82, 2.24) is 25.2 Å². The van der Waals surface area contributed by atoms with Gasteiger partial charge in [0.15, 0.2) is 5.16 Å². The fraction of sp³-hybridized carbons (Fsp3) is 0.333. The molecule has 9 heteroatoms. The zero-order valence-electron chi connectivity index (χ0n) is 11.8. The Labute approximate surface area is 126 Å². The molecule has 2 rings (SSSR count). The fourth-order valence-corrected chi connectivity index (χ4v) is 2.73. The average Bonchev–Trinajstić information content (AvgIpc) is 2.86. The van der Waals surface area contributed by atoms with Gasteiger partial charge in [-0.2, -0.15) is 0 Å². The summed E-state index contributed by atoms with van der Waals surface area (Å²) in [5.41, 5.74) is 9.09. The number of nitrogen functional groups attached to an aromatic ring is 2. The van der Waals surface area contributed by atoms with E-state index in [1.807, 2.05) is 18.4 Å². The van der Waals surface area contributed by atoms with Crippen LogP contribution >= 0.6 is 11.8 Å². The number of carbonyl (C=O) groups excluding carboxylic acids is 1. The summed E-state index contributed by atoms with van der Waals surface area (Å²) in [6.07, 6.45) is 1.49. The van der Waals surface area contributed by atoms with Gasteiger partial charge >= 0.3 is 0 Å². The summed E-state index contributed by atoms with van der Waals surface area (Å²) in [6, 6.07) is 3.63. The largest absolute Gasteiger partial charge is 0.368 e. The van der Waals surface area contributed by atoms with Gasteiger partial charge in [0.2, 0.25) is 5.95 Å². The van der Waals surface area contributed by atoms with Gasteiger partial charge in [0, 0.05) is 18.0 Å². The normalized spacial score (nSPS) is 10.9. The lowest BCUT2D eigenvalue weighted by molar-refractivity contribution is 0.0953. The quantitative estimate of drug-likeness (QED) is 0.322. The lowest BCUT2D eigenvalue weighted by Gasteiger charge is -2.11. The number of rotatable bonds is 5. The Morgan fingerprint density at radius 2 is 2.19 bits per heavy atom. The number of thioether (sulfide) groups is 1. The molecule has 0 saturated carbocycles. The van der Waals surface area contributed by atoms with Gasteiger partial charge in [0.05, 0.1) is 11.3 Å². The molecule has 21 heavy (non-hydrogen) atoms. The maximum atomic E-state index is 11.3. The first kappa shape index (κ1) is 15.3. The molecule has 0 spiro atoms. The van der Waals surface area contributed by atoms with E-state index in [0.717, 1.165) is 10.9 Å². The van der Waals surface area contributed by atoms with Gasteiger partial charge in [-0.05, 0) is 26.0 Å². The monoisotopic (exact) mass is 307 g/mol. The molecule has 112 valence electrons. The van der Waals surface area contributed by atoms with Crippen LogP contribution in [-0.2, 0) is 5.75 Å². The van der Waals surface area contributed by atoms with E-state index < -0.39 is 0 Å². The van der Waals surface area contributed by atoms with E-state index in [2.05, 4.69) is 20.6 Å². The minimum absolute atomic E-state index is 0.186. The second kappa shape index (κ2) is 6.55. The highest BCUT2D eigenvalue weighted by Gasteiger charge is 2.13. The van der Waals surface area contributed by atoms with Crippen LogP contribution < -0.4 is 17.0 Å². The molecule has 0 aliphatic heterocycles. The van der Waals surface area contributed by atoms with Crippen LogP contribution in [-0.4, -0.2) is 25.7 Å². The summed E-state index contributed by atoms with van der Waals surface area (Å²) < 4.78 is 1.86. The van der Waals surface area contributed by atoms with Crippen molar-refractivity contribution in [2.45, 2.75) is 30.8 Å². The number of amides is 1. The second-order valence-corrected chi connectivity index (χ2v) is 5.55. The molecule has 2 aromatic rings. The van der Waals surface area contributed by atoms with Crippen LogP contribution in [0.5, 0.6) is 0 Å². The Balaban J connectivity index is 2.05. The first-order chi connectivity index (χ1) is 10.0. The highest BCUT2D eigenvalue weighted by atomic mass is 32.2. The van der Waals surface area contributed by atoms with Crippen LogP contribution in [0.25, 0.3) is 0 Å². The predicted octanol–water partition coefficient (Wildman–Crippen LogP) is 0.732. The van der Waals surface area contributed by atoms with Crippen LogP contribution in [0.4, 0.5) is 5.95 Å². The van der Waals surface area contributed by atoms with Crippen molar-refractivity contribution in [2.24, 2.45) is 5.84 Å². The molecule has 0 radical (unpaired) electrons. The molecule has 0 aromatic carbocycles. The van der Waals surface area contributed by atoms with Gasteiger partial charge in [0.1, 0.15) is 0 Å². The Kier molecular flexibility index (Phi) is 4.76. The number of anilines is 1. The van der Waals surface area contributed by atoms with E-state index in [1.165, 1.54) is 18.0 Å². The second-order valence-electron chi connectivity index (χ2n) is 4.60. The summed E-state index contributed by atoms with van der Waals surface area (Å²) in [6.45, 7) is 4.03. The molecule has 2 heterocycles. The molecule has 5 N–H and O–H groups in total. The van der Waals surface area contributed by atoms with Crippen molar-refractivity contribution in [3.8, 4) is 0 Å². The van der Waals surface area contributed by atoms with E-state index in [4.69, 9.17) is 11.6 Å². The van der Waals surface area contributed by atoms with Gasteiger partial charge in [-0.15, -0.1) is 10.2 Å². The molecule has 0 saturated heterocycles. The number of hydrogen-bond donors (Lipinski definition) is 3. The molecule has 0 fully saturated rings. The summed E-state index contributed by atoms with van der Waals surface area (Å²) in [7, 11) is 0.